The van der Waals surface area contributed by atoms with Gasteiger partial charge in [0.2, 0.25) is 5.56 Å². The first-order valence-corrected chi connectivity index (χ1v) is 8.99. The molecule has 1 aromatic heterocycles. The van der Waals surface area contributed by atoms with Crippen molar-refractivity contribution in [3.63, 3.8) is 0 Å². The Morgan fingerprint density at radius 3 is 2.62 bits per heavy atom. The zero-order chi connectivity index (χ0) is 17.9. The summed E-state index contributed by atoms with van der Waals surface area (Å²) in [6.07, 6.45) is 3.69. The molecular weight excluding hydrogens is 326 g/mol. The van der Waals surface area contributed by atoms with Gasteiger partial charge in [0.1, 0.15) is 0 Å². The number of carbonyl (C=O) groups is 1. The molecule has 3 aromatic rings. The minimum atomic E-state index is -0.282. The molecule has 2 heterocycles. The Bertz CT molecular complexity index is 1000. The number of hydrogen-bond acceptors (Lipinski definition) is 3. The van der Waals surface area contributed by atoms with Crippen LogP contribution in [0.2, 0.25) is 0 Å². The number of carbonyl (C=O) groups excluding carboxylic acids is 1. The molecule has 2 aromatic carbocycles. The SMILES string of the molecule is O=C(Nc1cccc(N2CCCCC2)c1)c1cc(=O)[nH]c2ccccc12. The predicted octanol–water partition coefficient (Wildman–Crippen LogP) is 3.77. The van der Waals surface area contributed by atoms with Crippen molar-refractivity contribution in [3.05, 3.63) is 70.5 Å². The van der Waals surface area contributed by atoms with Gasteiger partial charge in [-0.2, -0.15) is 0 Å². The Morgan fingerprint density at radius 1 is 0.962 bits per heavy atom. The van der Waals surface area contributed by atoms with Gasteiger partial charge in [0, 0.05) is 41.4 Å². The summed E-state index contributed by atoms with van der Waals surface area (Å²) >= 11 is 0. The second-order valence-electron chi connectivity index (χ2n) is 6.65. The van der Waals surface area contributed by atoms with E-state index >= 15 is 0 Å². The van der Waals surface area contributed by atoms with E-state index in [4.69, 9.17) is 0 Å². The number of anilines is 2. The first-order valence-electron chi connectivity index (χ1n) is 8.99. The van der Waals surface area contributed by atoms with E-state index in [0.29, 0.717) is 11.1 Å². The lowest BCUT2D eigenvalue weighted by Crippen LogP contribution is -2.29. The van der Waals surface area contributed by atoms with E-state index in [9.17, 15) is 9.59 Å². The van der Waals surface area contributed by atoms with Gasteiger partial charge in [-0.25, -0.2) is 0 Å². The smallest absolute Gasteiger partial charge is 0.256 e. The van der Waals surface area contributed by atoms with E-state index < -0.39 is 0 Å². The summed E-state index contributed by atoms with van der Waals surface area (Å²) < 4.78 is 0. The van der Waals surface area contributed by atoms with Gasteiger partial charge in [0.15, 0.2) is 0 Å². The summed E-state index contributed by atoms with van der Waals surface area (Å²) in [7, 11) is 0. The molecule has 1 aliphatic heterocycles. The summed E-state index contributed by atoms with van der Waals surface area (Å²) in [5.41, 5.74) is 2.62. The van der Waals surface area contributed by atoms with Crippen molar-refractivity contribution < 1.29 is 4.79 Å². The highest BCUT2D eigenvalue weighted by molar-refractivity contribution is 6.12. The number of rotatable bonds is 3. The van der Waals surface area contributed by atoms with Crippen LogP contribution in [0.15, 0.2) is 59.4 Å². The third kappa shape index (κ3) is 3.33. The molecule has 5 heteroatoms. The van der Waals surface area contributed by atoms with E-state index in [1.807, 2.05) is 36.4 Å². The number of piperidine rings is 1. The molecule has 0 radical (unpaired) electrons. The Labute approximate surface area is 151 Å². The number of nitrogens with zero attached hydrogens (tertiary/aromatic N) is 1. The number of para-hydroxylation sites is 1. The highest BCUT2D eigenvalue weighted by Gasteiger charge is 2.14. The lowest BCUT2D eigenvalue weighted by molar-refractivity contribution is 0.102. The minimum Gasteiger partial charge on any atom is -0.371 e. The molecule has 1 saturated heterocycles. The van der Waals surface area contributed by atoms with E-state index in [0.717, 1.165) is 29.9 Å². The monoisotopic (exact) mass is 347 g/mol. The zero-order valence-corrected chi connectivity index (χ0v) is 14.5. The van der Waals surface area contributed by atoms with E-state index in [1.165, 1.54) is 25.3 Å². The van der Waals surface area contributed by atoms with Gasteiger partial charge in [-0.1, -0.05) is 24.3 Å². The number of H-pyrrole nitrogens is 1. The molecule has 0 atom stereocenters. The average molecular weight is 347 g/mol. The van der Waals surface area contributed by atoms with Gasteiger partial charge in [0.25, 0.3) is 5.91 Å². The Kier molecular flexibility index (Phi) is 4.44. The number of hydrogen-bond donors (Lipinski definition) is 2. The lowest BCUT2D eigenvalue weighted by Gasteiger charge is -2.29. The van der Waals surface area contributed by atoms with Crippen LogP contribution >= 0.6 is 0 Å². The fourth-order valence-corrected chi connectivity index (χ4v) is 3.52. The molecule has 4 rings (SSSR count). The van der Waals surface area contributed by atoms with Crippen molar-refractivity contribution in [1.29, 1.82) is 0 Å². The lowest BCUT2D eigenvalue weighted by atomic mass is 10.1. The van der Waals surface area contributed by atoms with E-state index in [2.05, 4.69) is 21.3 Å². The van der Waals surface area contributed by atoms with Gasteiger partial charge < -0.3 is 15.2 Å². The quantitative estimate of drug-likeness (QED) is 0.758. The zero-order valence-electron chi connectivity index (χ0n) is 14.5. The van der Waals surface area contributed by atoms with Crippen LogP contribution in [0.5, 0.6) is 0 Å². The van der Waals surface area contributed by atoms with Crippen molar-refractivity contribution in [2.24, 2.45) is 0 Å². The minimum absolute atomic E-state index is 0.275. The molecule has 1 aliphatic rings. The predicted molar refractivity (Wildman–Crippen MR) is 105 cm³/mol. The van der Waals surface area contributed by atoms with Crippen LogP contribution in [0, 0.1) is 0 Å². The first-order chi connectivity index (χ1) is 12.7. The summed E-state index contributed by atoms with van der Waals surface area (Å²) in [6.45, 7) is 2.10. The van der Waals surface area contributed by atoms with Gasteiger partial charge in [-0.15, -0.1) is 0 Å². The molecule has 0 saturated carbocycles. The molecule has 0 bridgehead atoms. The van der Waals surface area contributed by atoms with Crippen LogP contribution in [-0.4, -0.2) is 24.0 Å². The van der Waals surface area contributed by atoms with Crippen LogP contribution in [-0.2, 0) is 0 Å². The fourth-order valence-electron chi connectivity index (χ4n) is 3.52. The third-order valence-corrected chi connectivity index (χ3v) is 4.82. The van der Waals surface area contributed by atoms with Crippen molar-refractivity contribution in [3.8, 4) is 0 Å². The molecular formula is C21H21N3O2. The Balaban J connectivity index is 1.62. The molecule has 26 heavy (non-hydrogen) atoms. The number of pyridine rings is 1. The number of amides is 1. The molecule has 0 spiro atoms. The average Bonchev–Trinajstić information content (AvgIpc) is 2.68. The van der Waals surface area contributed by atoms with Gasteiger partial charge >= 0.3 is 0 Å². The number of benzene rings is 2. The maximum atomic E-state index is 12.8. The number of fused-ring (bicyclic) bond motifs is 1. The van der Waals surface area contributed by atoms with Crippen molar-refractivity contribution in [1.82, 2.24) is 4.98 Å². The van der Waals surface area contributed by atoms with Crippen molar-refractivity contribution >= 4 is 28.2 Å². The molecule has 1 amide bonds. The van der Waals surface area contributed by atoms with Crippen molar-refractivity contribution in [2.75, 3.05) is 23.3 Å². The van der Waals surface area contributed by atoms with Gasteiger partial charge in [-0.3, -0.25) is 9.59 Å². The molecule has 2 N–H and O–H groups in total. The molecule has 0 aliphatic carbocycles. The number of aromatic nitrogens is 1. The molecule has 0 unspecified atom stereocenters. The standard InChI is InChI=1S/C21H21N3O2/c25-20-14-18(17-9-2-3-10-19(17)23-20)21(26)22-15-7-6-8-16(13-15)24-11-4-1-5-12-24/h2-3,6-10,13-14H,1,4-5,11-12H2,(H,22,26)(H,23,25). The van der Waals surface area contributed by atoms with Crippen LogP contribution in [0.1, 0.15) is 29.6 Å². The summed E-state index contributed by atoms with van der Waals surface area (Å²) in [6, 6.07) is 16.6. The Hall–Kier alpha value is -3.08. The molecule has 1 fully saturated rings. The normalized spacial score (nSPS) is 14.4. The van der Waals surface area contributed by atoms with Gasteiger partial charge in [0.05, 0.1) is 5.56 Å². The molecule has 5 nitrogen and oxygen atoms in total. The van der Waals surface area contributed by atoms with Gasteiger partial charge in [-0.05, 0) is 43.5 Å². The number of aromatic amines is 1. The van der Waals surface area contributed by atoms with Crippen LogP contribution in [0.3, 0.4) is 0 Å². The van der Waals surface area contributed by atoms with Crippen molar-refractivity contribution in [2.45, 2.75) is 19.3 Å². The van der Waals surface area contributed by atoms with Crippen LogP contribution < -0.4 is 15.8 Å². The third-order valence-electron chi connectivity index (χ3n) is 4.82. The largest absolute Gasteiger partial charge is 0.371 e. The summed E-state index contributed by atoms with van der Waals surface area (Å²) in [5.74, 6) is -0.275. The maximum absolute atomic E-state index is 12.8. The Morgan fingerprint density at radius 2 is 1.77 bits per heavy atom. The van der Waals surface area contributed by atoms with Crippen LogP contribution in [0.4, 0.5) is 11.4 Å². The second-order valence-corrected chi connectivity index (χ2v) is 6.65. The van der Waals surface area contributed by atoms with E-state index in [-0.39, 0.29) is 11.5 Å². The second kappa shape index (κ2) is 7.04. The highest BCUT2D eigenvalue weighted by Crippen LogP contribution is 2.24. The first kappa shape index (κ1) is 16.4. The highest BCUT2D eigenvalue weighted by atomic mass is 16.2. The number of nitrogens with one attached hydrogen (secondary N) is 2. The van der Waals surface area contributed by atoms with Crippen LogP contribution in [0.25, 0.3) is 10.9 Å². The van der Waals surface area contributed by atoms with E-state index in [1.54, 1.807) is 6.07 Å². The maximum Gasteiger partial charge on any atom is 0.256 e. The fraction of sp³-hybridized carbons (Fsp3) is 0.238. The molecule has 132 valence electrons. The summed E-state index contributed by atoms with van der Waals surface area (Å²) in [5, 5.41) is 3.67. The topological polar surface area (TPSA) is 65.2 Å². The summed E-state index contributed by atoms with van der Waals surface area (Å²) in [4.78, 5) is 29.8.